The third kappa shape index (κ3) is 4.59. The molecule has 1 fully saturated rings. The Labute approximate surface area is 182 Å². The molecule has 1 aliphatic rings. The van der Waals surface area contributed by atoms with Crippen LogP contribution in [0, 0.1) is 0 Å². The summed E-state index contributed by atoms with van der Waals surface area (Å²) in [6.07, 6.45) is 2.97. The largest absolute Gasteiger partial charge is 0.459 e. The van der Waals surface area contributed by atoms with Crippen LogP contribution in [0.3, 0.4) is 0 Å². The molecule has 158 valence electrons. The predicted molar refractivity (Wildman–Crippen MR) is 116 cm³/mol. The molecule has 0 unspecified atom stereocenters. The van der Waals surface area contributed by atoms with Crippen molar-refractivity contribution in [1.82, 2.24) is 25.0 Å². The van der Waals surface area contributed by atoms with Crippen LogP contribution in [-0.4, -0.2) is 56.4 Å². The zero-order valence-electron chi connectivity index (χ0n) is 16.6. The third-order valence-electron chi connectivity index (χ3n) is 4.99. The number of thioether (sulfide) groups is 1. The second-order valence-electron chi connectivity index (χ2n) is 6.93. The highest BCUT2D eigenvalue weighted by Crippen LogP contribution is 2.27. The minimum atomic E-state index is -0.0965. The van der Waals surface area contributed by atoms with E-state index in [1.165, 1.54) is 18.0 Å². The highest BCUT2D eigenvalue weighted by molar-refractivity contribution is 7.99. The topological polar surface area (TPSA) is 93.3 Å². The molecular formula is C20H23N5O3S2. The van der Waals surface area contributed by atoms with E-state index in [9.17, 15) is 9.59 Å². The van der Waals surface area contributed by atoms with E-state index in [4.69, 9.17) is 4.42 Å². The van der Waals surface area contributed by atoms with Crippen LogP contribution < -0.4 is 5.32 Å². The lowest BCUT2D eigenvalue weighted by Gasteiger charge is -2.31. The number of carbonyl (C=O) groups excluding carboxylic acids is 2. The average molecular weight is 446 g/mol. The number of thiophene rings is 1. The van der Waals surface area contributed by atoms with Gasteiger partial charge in [0.1, 0.15) is 0 Å². The molecule has 1 saturated heterocycles. The lowest BCUT2D eigenvalue weighted by atomic mass is 10.0. The van der Waals surface area contributed by atoms with Gasteiger partial charge in [-0.25, -0.2) is 0 Å². The molecule has 4 rings (SSSR count). The Hall–Kier alpha value is -2.59. The molecule has 0 aliphatic carbocycles. The summed E-state index contributed by atoms with van der Waals surface area (Å²) in [7, 11) is 0. The quantitative estimate of drug-likeness (QED) is 0.562. The van der Waals surface area contributed by atoms with E-state index in [0.29, 0.717) is 18.8 Å². The maximum Gasteiger partial charge on any atom is 0.289 e. The van der Waals surface area contributed by atoms with Crippen LogP contribution in [0.2, 0.25) is 0 Å². The molecule has 30 heavy (non-hydrogen) atoms. The second-order valence-corrected chi connectivity index (χ2v) is 8.82. The van der Waals surface area contributed by atoms with Gasteiger partial charge in [0.25, 0.3) is 5.91 Å². The number of aromatic nitrogens is 3. The van der Waals surface area contributed by atoms with E-state index in [1.54, 1.807) is 28.4 Å². The van der Waals surface area contributed by atoms with Crippen molar-refractivity contribution in [3.05, 3.63) is 41.7 Å². The maximum absolute atomic E-state index is 12.4. The fourth-order valence-electron chi connectivity index (χ4n) is 3.45. The van der Waals surface area contributed by atoms with E-state index < -0.39 is 0 Å². The van der Waals surface area contributed by atoms with Gasteiger partial charge in [-0.2, -0.15) is 0 Å². The van der Waals surface area contributed by atoms with Gasteiger partial charge in [0.15, 0.2) is 16.7 Å². The lowest BCUT2D eigenvalue weighted by Crippen LogP contribution is -2.46. The van der Waals surface area contributed by atoms with Crippen molar-refractivity contribution >= 4 is 34.9 Å². The molecule has 2 amide bonds. The predicted octanol–water partition coefficient (Wildman–Crippen LogP) is 3.13. The van der Waals surface area contributed by atoms with Crippen LogP contribution in [0.25, 0.3) is 10.7 Å². The van der Waals surface area contributed by atoms with Gasteiger partial charge in [-0.1, -0.05) is 17.8 Å². The normalized spacial score (nSPS) is 14.8. The molecule has 3 aromatic rings. The molecule has 0 atom stereocenters. The van der Waals surface area contributed by atoms with Crippen molar-refractivity contribution < 1.29 is 14.0 Å². The van der Waals surface area contributed by atoms with E-state index >= 15 is 0 Å². The maximum atomic E-state index is 12.4. The molecular weight excluding hydrogens is 422 g/mol. The highest BCUT2D eigenvalue weighted by Gasteiger charge is 2.26. The van der Waals surface area contributed by atoms with Crippen molar-refractivity contribution in [2.24, 2.45) is 0 Å². The van der Waals surface area contributed by atoms with Crippen LogP contribution in [0.4, 0.5) is 0 Å². The van der Waals surface area contributed by atoms with Crippen molar-refractivity contribution in [2.45, 2.75) is 37.5 Å². The molecule has 0 aromatic carbocycles. The number of furan rings is 1. The molecule has 8 nitrogen and oxygen atoms in total. The summed E-state index contributed by atoms with van der Waals surface area (Å²) in [5.41, 5.74) is 0. The number of carbonyl (C=O) groups is 2. The van der Waals surface area contributed by atoms with Gasteiger partial charge < -0.3 is 19.2 Å². The van der Waals surface area contributed by atoms with Crippen LogP contribution in [0.5, 0.6) is 0 Å². The Morgan fingerprint density at radius 3 is 2.77 bits per heavy atom. The number of nitrogens with zero attached hydrogens (tertiary/aromatic N) is 4. The van der Waals surface area contributed by atoms with E-state index in [0.717, 1.165) is 35.2 Å². The number of likely N-dealkylation sites (tertiary alicyclic amines) is 1. The minimum Gasteiger partial charge on any atom is -0.459 e. The van der Waals surface area contributed by atoms with Gasteiger partial charge >= 0.3 is 0 Å². The number of nitrogens with one attached hydrogen (secondary N) is 1. The molecule has 1 aliphatic heterocycles. The second kappa shape index (κ2) is 9.48. The van der Waals surface area contributed by atoms with Crippen molar-refractivity contribution in [1.29, 1.82) is 0 Å². The zero-order chi connectivity index (χ0) is 20.9. The van der Waals surface area contributed by atoms with E-state index in [1.807, 2.05) is 29.0 Å². The standard InChI is InChI=1S/C20H23N5O3S2/c1-2-25-18(16-6-4-12-29-16)22-23-20(25)30-13-17(26)21-14-7-9-24(10-8-14)19(27)15-5-3-11-28-15/h3-6,11-12,14H,2,7-10,13H2,1H3,(H,21,26). The Morgan fingerprint density at radius 1 is 1.27 bits per heavy atom. The van der Waals surface area contributed by atoms with Crippen LogP contribution in [0.15, 0.2) is 45.5 Å². The highest BCUT2D eigenvalue weighted by atomic mass is 32.2. The SMILES string of the molecule is CCn1c(SCC(=O)NC2CCN(C(=O)c3ccco3)CC2)nnc1-c1cccs1. The van der Waals surface area contributed by atoms with Crippen LogP contribution in [-0.2, 0) is 11.3 Å². The first kappa shape index (κ1) is 20.7. The van der Waals surface area contributed by atoms with Crippen molar-refractivity contribution in [2.75, 3.05) is 18.8 Å². The van der Waals surface area contributed by atoms with Gasteiger partial charge in [-0.15, -0.1) is 21.5 Å². The number of piperidine rings is 1. The molecule has 1 N–H and O–H groups in total. The summed E-state index contributed by atoms with van der Waals surface area (Å²) in [5, 5.41) is 14.4. The Kier molecular flexibility index (Phi) is 6.53. The molecule has 3 aromatic heterocycles. The van der Waals surface area contributed by atoms with Crippen molar-refractivity contribution in [3.8, 4) is 10.7 Å². The van der Waals surface area contributed by atoms with Gasteiger partial charge in [0.2, 0.25) is 5.91 Å². The summed E-state index contributed by atoms with van der Waals surface area (Å²) in [6.45, 7) is 3.99. The number of hydrogen-bond acceptors (Lipinski definition) is 7. The summed E-state index contributed by atoms with van der Waals surface area (Å²) in [5.74, 6) is 1.36. The zero-order valence-corrected chi connectivity index (χ0v) is 18.2. The first-order valence-corrected chi connectivity index (χ1v) is 11.7. The average Bonchev–Trinajstić information content (AvgIpc) is 3.53. The number of rotatable bonds is 7. The lowest BCUT2D eigenvalue weighted by molar-refractivity contribution is -0.119. The first-order valence-electron chi connectivity index (χ1n) is 9.87. The molecule has 4 heterocycles. The Bertz CT molecular complexity index is 976. The van der Waals surface area contributed by atoms with E-state index in [-0.39, 0.29) is 23.6 Å². The van der Waals surface area contributed by atoms with Gasteiger partial charge in [-0.05, 0) is 43.3 Å². The smallest absolute Gasteiger partial charge is 0.289 e. The van der Waals surface area contributed by atoms with Gasteiger partial charge in [-0.3, -0.25) is 9.59 Å². The van der Waals surface area contributed by atoms with Crippen molar-refractivity contribution in [3.63, 3.8) is 0 Å². The molecule has 10 heteroatoms. The monoisotopic (exact) mass is 445 g/mol. The molecule has 0 spiro atoms. The van der Waals surface area contributed by atoms with Gasteiger partial charge in [0.05, 0.1) is 16.9 Å². The summed E-state index contributed by atoms with van der Waals surface area (Å²) in [4.78, 5) is 27.6. The molecule has 0 radical (unpaired) electrons. The summed E-state index contributed by atoms with van der Waals surface area (Å²) < 4.78 is 7.21. The first-order chi connectivity index (χ1) is 14.7. The number of hydrogen-bond donors (Lipinski definition) is 1. The Balaban J connectivity index is 1.26. The van der Waals surface area contributed by atoms with Crippen LogP contribution in [0.1, 0.15) is 30.3 Å². The van der Waals surface area contributed by atoms with E-state index in [2.05, 4.69) is 15.5 Å². The summed E-state index contributed by atoms with van der Waals surface area (Å²) in [6, 6.07) is 7.46. The molecule has 0 bridgehead atoms. The Morgan fingerprint density at radius 2 is 2.10 bits per heavy atom. The fourth-order valence-corrected chi connectivity index (χ4v) is 4.98. The van der Waals surface area contributed by atoms with Gasteiger partial charge in [0, 0.05) is 25.7 Å². The van der Waals surface area contributed by atoms with Crippen LogP contribution >= 0.6 is 23.1 Å². The number of amides is 2. The fraction of sp³-hybridized carbons (Fsp3) is 0.400. The third-order valence-corrected chi connectivity index (χ3v) is 6.82. The molecule has 0 saturated carbocycles. The summed E-state index contributed by atoms with van der Waals surface area (Å²) >= 11 is 3.02. The minimum absolute atomic E-state index is 0.0286.